The normalized spacial score (nSPS) is 35.4. The molecule has 0 aromatic heterocycles. The van der Waals surface area contributed by atoms with E-state index in [1.54, 1.807) is 0 Å². The van der Waals surface area contributed by atoms with Gasteiger partial charge in [0.25, 0.3) is 0 Å². The summed E-state index contributed by atoms with van der Waals surface area (Å²) in [4.78, 5) is 11.2. The van der Waals surface area contributed by atoms with Crippen molar-refractivity contribution in [1.82, 2.24) is 0 Å². The molecular formula is C23H38O5. The Labute approximate surface area is 169 Å². The van der Waals surface area contributed by atoms with Gasteiger partial charge in [0, 0.05) is 18.8 Å². The van der Waals surface area contributed by atoms with E-state index in [9.17, 15) is 15.0 Å². The first kappa shape index (κ1) is 21.8. The van der Waals surface area contributed by atoms with Gasteiger partial charge in [0.2, 0.25) is 0 Å². The van der Waals surface area contributed by atoms with Crippen LogP contribution in [0.3, 0.4) is 0 Å². The van der Waals surface area contributed by atoms with Crippen LogP contribution in [-0.2, 0) is 14.3 Å². The summed E-state index contributed by atoms with van der Waals surface area (Å²) in [6.07, 6.45) is 13.4. The number of fused-ring (bicyclic) bond motifs is 1. The van der Waals surface area contributed by atoms with Gasteiger partial charge in [0.15, 0.2) is 0 Å². The largest absolute Gasteiger partial charge is 0.469 e. The minimum absolute atomic E-state index is 0.0792. The quantitative estimate of drug-likeness (QED) is 0.355. The third-order valence-electron chi connectivity index (χ3n) is 7.39. The number of ether oxygens (including phenoxy) is 2. The monoisotopic (exact) mass is 394 g/mol. The van der Waals surface area contributed by atoms with Crippen LogP contribution >= 0.6 is 0 Å². The van der Waals surface area contributed by atoms with Crippen LogP contribution in [-0.4, -0.2) is 47.7 Å². The smallest absolute Gasteiger partial charge is 0.305 e. The van der Waals surface area contributed by atoms with Gasteiger partial charge < -0.3 is 19.7 Å². The molecule has 28 heavy (non-hydrogen) atoms. The lowest BCUT2D eigenvalue weighted by atomic mass is 9.85. The molecule has 2 saturated carbocycles. The summed E-state index contributed by atoms with van der Waals surface area (Å²) < 4.78 is 10.9. The molecule has 1 saturated heterocycles. The Balaban J connectivity index is 1.46. The second kappa shape index (κ2) is 10.2. The summed E-state index contributed by atoms with van der Waals surface area (Å²) in [6, 6.07) is 0. The van der Waals surface area contributed by atoms with Crippen LogP contribution in [0.1, 0.15) is 71.1 Å². The van der Waals surface area contributed by atoms with Crippen LogP contribution in [0, 0.1) is 23.7 Å². The van der Waals surface area contributed by atoms with Gasteiger partial charge in [-0.3, -0.25) is 4.79 Å². The van der Waals surface area contributed by atoms with Crippen LogP contribution in [0.2, 0.25) is 0 Å². The summed E-state index contributed by atoms with van der Waals surface area (Å²) in [5, 5.41) is 21.1. The molecule has 2 aliphatic carbocycles. The van der Waals surface area contributed by atoms with E-state index in [0.717, 1.165) is 25.7 Å². The Kier molecular flexibility index (Phi) is 7.95. The van der Waals surface area contributed by atoms with Crippen molar-refractivity contribution in [2.24, 2.45) is 23.7 Å². The Morgan fingerprint density at radius 3 is 2.71 bits per heavy atom. The number of aliphatic hydroxyl groups excluding tert-OH is 2. The second-order valence-electron chi connectivity index (χ2n) is 9.18. The molecule has 2 unspecified atom stereocenters. The number of unbranched alkanes of at least 4 members (excludes halogenated alkanes) is 1. The number of rotatable bonds is 9. The molecule has 3 fully saturated rings. The summed E-state index contributed by atoms with van der Waals surface area (Å²) in [6.45, 7) is 2.15. The number of hydrogen-bond acceptors (Lipinski definition) is 5. The summed E-state index contributed by atoms with van der Waals surface area (Å²) in [5.74, 6) is 1.19. The number of methoxy groups -OCH3 is 1. The van der Waals surface area contributed by atoms with Crippen LogP contribution in [0.4, 0.5) is 0 Å². The van der Waals surface area contributed by atoms with E-state index in [0.29, 0.717) is 24.7 Å². The van der Waals surface area contributed by atoms with Gasteiger partial charge in [-0.2, -0.15) is 0 Å². The highest BCUT2D eigenvalue weighted by atomic mass is 16.5. The first-order chi connectivity index (χ1) is 13.5. The average molecular weight is 395 g/mol. The predicted molar refractivity (Wildman–Crippen MR) is 108 cm³/mol. The molecule has 7 atom stereocenters. The highest BCUT2D eigenvalue weighted by Crippen LogP contribution is 2.45. The molecule has 0 radical (unpaired) electrons. The van der Waals surface area contributed by atoms with Crippen LogP contribution < -0.4 is 0 Å². The van der Waals surface area contributed by atoms with Gasteiger partial charge in [-0.05, 0) is 37.0 Å². The first-order valence-corrected chi connectivity index (χ1v) is 11.3. The molecule has 0 amide bonds. The Morgan fingerprint density at radius 2 is 2.00 bits per heavy atom. The highest BCUT2D eigenvalue weighted by Gasteiger charge is 2.47. The molecule has 1 heterocycles. The molecule has 1 aliphatic heterocycles. The van der Waals surface area contributed by atoms with Gasteiger partial charge in [-0.1, -0.05) is 51.2 Å². The van der Waals surface area contributed by atoms with Crippen molar-refractivity contribution in [3.05, 3.63) is 12.2 Å². The van der Waals surface area contributed by atoms with Gasteiger partial charge in [0.1, 0.15) is 0 Å². The van der Waals surface area contributed by atoms with E-state index in [1.165, 1.54) is 32.8 Å². The predicted octanol–water partition coefficient (Wildman–Crippen LogP) is 3.62. The van der Waals surface area contributed by atoms with E-state index in [2.05, 4.69) is 17.7 Å². The lowest BCUT2D eigenvalue weighted by molar-refractivity contribution is -0.140. The first-order valence-electron chi connectivity index (χ1n) is 11.3. The Bertz CT molecular complexity index is 527. The minimum Gasteiger partial charge on any atom is -0.469 e. The van der Waals surface area contributed by atoms with Gasteiger partial charge in [-0.25, -0.2) is 0 Å². The van der Waals surface area contributed by atoms with Crippen molar-refractivity contribution in [3.63, 3.8) is 0 Å². The zero-order chi connectivity index (χ0) is 20.1. The average Bonchev–Trinajstić information content (AvgIpc) is 3.39. The molecule has 3 aliphatic rings. The lowest BCUT2D eigenvalue weighted by Gasteiger charge is -2.23. The van der Waals surface area contributed by atoms with Crippen molar-refractivity contribution in [2.75, 3.05) is 7.11 Å². The van der Waals surface area contributed by atoms with Gasteiger partial charge in [0.05, 0.1) is 31.5 Å². The molecule has 0 bridgehead atoms. The standard InChI is InChI=1S/C23H38O5/c1-15(16-7-3-4-8-16)20(24)12-11-18-19-13-17(28-22(19)14-21(18)25)9-5-6-10-23(26)27-2/h11-12,15-22,24-25H,3-10,13-14H2,1-2H3/b12-11+/t15?,17?,18-,19-,20+,21-,22-/m1/s1. The molecule has 0 aromatic rings. The van der Waals surface area contributed by atoms with Crippen molar-refractivity contribution >= 4 is 5.97 Å². The van der Waals surface area contributed by atoms with Crippen molar-refractivity contribution in [3.8, 4) is 0 Å². The maximum atomic E-state index is 11.2. The van der Waals surface area contributed by atoms with Crippen molar-refractivity contribution in [2.45, 2.75) is 95.5 Å². The maximum Gasteiger partial charge on any atom is 0.305 e. The summed E-state index contributed by atoms with van der Waals surface area (Å²) in [7, 11) is 1.42. The Hall–Kier alpha value is -0.910. The van der Waals surface area contributed by atoms with Gasteiger partial charge in [-0.15, -0.1) is 0 Å². The van der Waals surface area contributed by atoms with Gasteiger partial charge >= 0.3 is 5.97 Å². The fraction of sp³-hybridized carbons (Fsp3) is 0.870. The minimum atomic E-state index is -0.425. The topological polar surface area (TPSA) is 76.0 Å². The van der Waals surface area contributed by atoms with Crippen molar-refractivity contribution < 1.29 is 24.5 Å². The fourth-order valence-electron chi connectivity index (χ4n) is 5.55. The molecular weight excluding hydrogens is 356 g/mol. The maximum absolute atomic E-state index is 11.2. The second-order valence-corrected chi connectivity index (χ2v) is 9.18. The number of carbonyl (C=O) groups excluding carboxylic acids is 1. The fourth-order valence-corrected chi connectivity index (χ4v) is 5.55. The summed E-state index contributed by atoms with van der Waals surface area (Å²) in [5.41, 5.74) is 0. The van der Waals surface area contributed by atoms with E-state index in [1.807, 2.05) is 6.08 Å². The molecule has 0 spiro atoms. The highest BCUT2D eigenvalue weighted by molar-refractivity contribution is 5.68. The number of esters is 1. The van der Waals surface area contributed by atoms with E-state index < -0.39 is 6.10 Å². The molecule has 0 aromatic carbocycles. The van der Waals surface area contributed by atoms with Crippen molar-refractivity contribution in [1.29, 1.82) is 0 Å². The van der Waals surface area contributed by atoms with Crippen LogP contribution in [0.15, 0.2) is 12.2 Å². The lowest BCUT2D eigenvalue weighted by Crippen LogP contribution is -2.24. The third kappa shape index (κ3) is 5.37. The molecule has 3 rings (SSSR count). The summed E-state index contributed by atoms with van der Waals surface area (Å²) >= 11 is 0. The number of aliphatic hydroxyl groups is 2. The van der Waals surface area contributed by atoms with E-state index >= 15 is 0 Å². The third-order valence-corrected chi connectivity index (χ3v) is 7.39. The SMILES string of the molecule is COC(=O)CCCCC1C[C@@H]2[C@@H](/C=C/[C@H](O)C(C)C3CCCC3)[C@H](O)C[C@H]2O1. The zero-order valence-corrected chi connectivity index (χ0v) is 17.5. The molecule has 5 heteroatoms. The zero-order valence-electron chi connectivity index (χ0n) is 17.5. The molecule has 160 valence electrons. The molecule has 5 nitrogen and oxygen atoms in total. The number of hydrogen-bond donors (Lipinski definition) is 2. The van der Waals surface area contributed by atoms with E-state index in [4.69, 9.17) is 4.74 Å². The van der Waals surface area contributed by atoms with E-state index in [-0.39, 0.29) is 36.1 Å². The van der Waals surface area contributed by atoms with Crippen LogP contribution in [0.5, 0.6) is 0 Å². The molecule has 2 N–H and O–H groups in total. The van der Waals surface area contributed by atoms with Crippen LogP contribution in [0.25, 0.3) is 0 Å². The number of carbonyl (C=O) groups is 1. The Morgan fingerprint density at radius 1 is 1.25 bits per heavy atom.